The smallest absolute Gasteiger partial charge is 0.475 e. The van der Waals surface area contributed by atoms with Crippen LogP contribution in [0, 0.1) is 11.3 Å². The number of piperidine rings is 1. The average molecular weight is 508 g/mol. The number of likely N-dealkylation sites (tertiary alicyclic amines) is 1. The zero-order chi connectivity index (χ0) is 25.8. The first-order chi connectivity index (χ1) is 17.2. The second kappa shape index (κ2) is 11.0. The third kappa shape index (κ3) is 6.88. The van der Waals surface area contributed by atoms with Gasteiger partial charge in [-0.2, -0.15) is 13.2 Å². The lowest BCUT2D eigenvalue weighted by molar-refractivity contribution is -0.192. The molecule has 3 heterocycles. The minimum Gasteiger partial charge on any atom is -0.475 e. The molecule has 2 aromatic rings. The van der Waals surface area contributed by atoms with Gasteiger partial charge in [0.15, 0.2) is 0 Å². The van der Waals surface area contributed by atoms with Crippen molar-refractivity contribution in [2.75, 3.05) is 45.9 Å². The monoisotopic (exact) mass is 507 g/mol. The van der Waals surface area contributed by atoms with Gasteiger partial charge in [0.2, 0.25) is 0 Å². The highest BCUT2D eigenvalue weighted by Crippen LogP contribution is 2.36. The fourth-order valence-electron chi connectivity index (χ4n) is 5.00. The highest BCUT2D eigenvalue weighted by molar-refractivity contribution is 5.94. The van der Waals surface area contributed by atoms with Gasteiger partial charge in [-0.3, -0.25) is 4.79 Å². The van der Waals surface area contributed by atoms with Crippen LogP contribution in [0.3, 0.4) is 0 Å². The van der Waals surface area contributed by atoms with Gasteiger partial charge in [0.25, 0.3) is 5.91 Å². The SMILES string of the molecule is O=C(O)C(F)(F)F.O=C(c1ccc(-n2cccc2)cc1)N1CCCC2(COCCN(CC3CC3)C2)C1. The lowest BCUT2D eigenvalue weighted by atomic mass is 9.79. The van der Waals surface area contributed by atoms with Gasteiger partial charge in [0.05, 0.1) is 13.2 Å². The number of carbonyl (C=O) groups is 2. The topological polar surface area (TPSA) is 75.0 Å². The Labute approximate surface area is 208 Å². The number of carbonyl (C=O) groups excluding carboxylic acids is 1. The lowest BCUT2D eigenvalue weighted by Crippen LogP contribution is -2.52. The Balaban J connectivity index is 0.000000384. The molecule has 5 rings (SSSR count). The molecule has 196 valence electrons. The molecule has 1 aliphatic carbocycles. The van der Waals surface area contributed by atoms with E-state index in [9.17, 15) is 18.0 Å². The van der Waals surface area contributed by atoms with Crippen molar-refractivity contribution in [2.24, 2.45) is 11.3 Å². The van der Waals surface area contributed by atoms with Gasteiger partial charge >= 0.3 is 12.1 Å². The van der Waals surface area contributed by atoms with Crippen LogP contribution in [0.2, 0.25) is 0 Å². The summed E-state index contributed by atoms with van der Waals surface area (Å²) in [5.74, 6) is -1.71. The van der Waals surface area contributed by atoms with Crippen LogP contribution in [-0.4, -0.2) is 83.5 Å². The molecule has 1 atom stereocenters. The predicted octanol–water partition coefficient (Wildman–Crippen LogP) is 4.08. The molecule has 1 N–H and O–H groups in total. The van der Waals surface area contributed by atoms with Crippen molar-refractivity contribution in [3.63, 3.8) is 0 Å². The third-order valence-electron chi connectivity index (χ3n) is 6.94. The molecule has 0 radical (unpaired) electrons. The number of amides is 1. The van der Waals surface area contributed by atoms with E-state index in [4.69, 9.17) is 14.6 Å². The Kier molecular flexibility index (Phi) is 8.04. The number of ether oxygens (including phenoxy) is 1. The summed E-state index contributed by atoms with van der Waals surface area (Å²) in [5.41, 5.74) is 1.95. The predicted molar refractivity (Wildman–Crippen MR) is 127 cm³/mol. The van der Waals surface area contributed by atoms with Crippen LogP contribution in [0.4, 0.5) is 13.2 Å². The molecule has 3 aliphatic rings. The molecular formula is C26H32F3N3O4. The molecule has 3 fully saturated rings. The molecule has 0 bridgehead atoms. The number of nitrogens with zero attached hydrogens (tertiary/aromatic N) is 3. The number of benzene rings is 1. The van der Waals surface area contributed by atoms with Crippen molar-refractivity contribution in [3.8, 4) is 5.69 Å². The quantitative estimate of drug-likeness (QED) is 0.675. The van der Waals surface area contributed by atoms with Crippen molar-refractivity contribution in [3.05, 3.63) is 54.4 Å². The molecule has 1 unspecified atom stereocenters. The van der Waals surface area contributed by atoms with Gasteiger partial charge in [-0.05, 0) is 68.0 Å². The molecule has 2 saturated heterocycles. The first-order valence-electron chi connectivity index (χ1n) is 12.3. The Morgan fingerprint density at radius 3 is 2.33 bits per heavy atom. The molecular weight excluding hydrogens is 475 g/mol. The Bertz CT molecular complexity index is 1020. The number of hydrogen-bond acceptors (Lipinski definition) is 4. The molecule has 1 amide bonds. The van der Waals surface area contributed by atoms with Gasteiger partial charge < -0.3 is 24.2 Å². The van der Waals surface area contributed by atoms with E-state index in [0.29, 0.717) is 0 Å². The zero-order valence-electron chi connectivity index (χ0n) is 20.1. The van der Waals surface area contributed by atoms with E-state index in [1.807, 2.05) is 48.8 Å². The summed E-state index contributed by atoms with van der Waals surface area (Å²) < 4.78 is 39.8. The van der Waals surface area contributed by atoms with Crippen molar-refractivity contribution >= 4 is 11.9 Å². The van der Waals surface area contributed by atoms with Crippen molar-refractivity contribution in [1.29, 1.82) is 0 Å². The second-order valence-corrected chi connectivity index (χ2v) is 10.0. The molecule has 1 spiro atoms. The number of alkyl halides is 3. The zero-order valence-corrected chi connectivity index (χ0v) is 20.1. The van der Waals surface area contributed by atoms with E-state index in [1.54, 1.807) is 0 Å². The van der Waals surface area contributed by atoms with Crippen LogP contribution >= 0.6 is 0 Å². The molecule has 7 nitrogen and oxygen atoms in total. The van der Waals surface area contributed by atoms with E-state index in [2.05, 4.69) is 14.4 Å². The molecule has 1 aromatic heterocycles. The number of halogens is 3. The summed E-state index contributed by atoms with van der Waals surface area (Å²) >= 11 is 0. The molecule has 10 heteroatoms. The summed E-state index contributed by atoms with van der Waals surface area (Å²) in [6.07, 6.45) is 3.94. The van der Waals surface area contributed by atoms with E-state index in [-0.39, 0.29) is 11.3 Å². The normalized spacial score (nSPS) is 23.0. The first-order valence-corrected chi connectivity index (χ1v) is 12.3. The summed E-state index contributed by atoms with van der Waals surface area (Å²) in [7, 11) is 0. The second-order valence-electron chi connectivity index (χ2n) is 10.0. The number of rotatable bonds is 4. The fourth-order valence-corrected chi connectivity index (χ4v) is 5.00. The first kappa shape index (κ1) is 26.2. The van der Waals surface area contributed by atoms with Crippen molar-refractivity contribution in [1.82, 2.24) is 14.4 Å². The van der Waals surface area contributed by atoms with Crippen LogP contribution in [0.1, 0.15) is 36.0 Å². The maximum Gasteiger partial charge on any atom is 0.490 e. The van der Waals surface area contributed by atoms with Crippen LogP contribution < -0.4 is 0 Å². The number of carboxylic acid groups (broad SMARTS) is 1. The third-order valence-corrected chi connectivity index (χ3v) is 6.94. The number of hydrogen-bond donors (Lipinski definition) is 1. The van der Waals surface area contributed by atoms with E-state index in [1.165, 1.54) is 19.4 Å². The fraction of sp³-hybridized carbons (Fsp3) is 0.538. The van der Waals surface area contributed by atoms with Gasteiger partial charge in [0, 0.05) is 61.8 Å². The van der Waals surface area contributed by atoms with Gasteiger partial charge in [-0.1, -0.05) is 0 Å². The van der Waals surface area contributed by atoms with Crippen molar-refractivity contribution < 1.29 is 32.6 Å². The molecule has 2 aliphatic heterocycles. The Hall–Kier alpha value is -2.85. The highest BCUT2D eigenvalue weighted by Gasteiger charge is 2.41. The maximum absolute atomic E-state index is 13.2. The van der Waals surface area contributed by atoms with Gasteiger partial charge in [-0.25, -0.2) is 4.79 Å². The minimum absolute atomic E-state index is 0.0877. The highest BCUT2D eigenvalue weighted by atomic mass is 19.4. The van der Waals surface area contributed by atoms with Crippen LogP contribution in [0.25, 0.3) is 5.69 Å². The summed E-state index contributed by atoms with van der Waals surface area (Å²) in [4.78, 5) is 26.8. The van der Waals surface area contributed by atoms with Crippen LogP contribution in [-0.2, 0) is 9.53 Å². The van der Waals surface area contributed by atoms with Gasteiger partial charge in [-0.15, -0.1) is 0 Å². The molecule has 1 saturated carbocycles. The van der Waals surface area contributed by atoms with Crippen LogP contribution in [0.15, 0.2) is 48.8 Å². The Morgan fingerprint density at radius 2 is 1.72 bits per heavy atom. The van der Waals surface area contributed by atoms with E-state index in [0.717, 1.165) is 69.4 Å². The number of carboxylic acids is 1. The molecule has 36 heavy (non-hydrogen) atoms. The largest absolute Gasteiger partial charge is 0.490 e. The standard InChI is InChI=1S/C24H31N3O2.C2HF3O2/c28-23(21-6-8-22(9-7-21)26-11-1-2-12-26)27-13-3-10-24(18-27)17-25(14-15-29-19-24)16-20-4-5-20;3-2(4,5)1(6)7/h1-2,6-9,11-12,20H,3-5,10,13-19H2;(H,6,7). The number of aliphatic carboxylic acids is 1. The lowest BCUT2D eigenvalue weighted by Gasteiger charge is -2.43. The van der Waals surface area contributed by atoms with E-state index >= 15 is 0 Å². The average Bonchev–Trinajstić information content (AvgIpc) is 3.54. The summed E-state index contributed by atoms with van der Waals surface area (Å²) in [6.45, 7) is 6.58. The number of aromatic nitrogens is 1. The summed E-state index contributed by atoms with van der Waals surface area (Å²) in [6, 6.07) is 12.0. The van der Waals surface area contributed by atoms with Crippen LogP contribution in [0.5, 0.6) is 0 Å². The summed E-state index contributed by atoms with van der Waals surface area (Å²) in [5, 5.41) is 7.12. The minimum atomic E-state index is -5.08. The van der Waals surface area contributed by atoms with Crippen molar-refractivity contribution in [2.45, 2.75) is 31.9 Å². The van der Waals surface area contributed by atoms with Gasteiger partial charge in [0.1, 0.15) is 0 Å². The maximum atomic E-state index is 13.2. The molecule has 1 aromatic carbocycles. The van der Waals surface area contributed by atoms with E-state index < -0.39 is 12.1 Å². The Morgan fingerprint density at radius 1 is 1.06 bits per heavy atom.